The fourth-order valence-corrected chi connectivity index (χ4v) is 2.62. The number of aromatic nitrogens is 3. The molecule has 100 valence electrons. The van der Waals surface area contributed by atoms with Crippen molar-refractivity contribution < 1.29 is 0 Å². The standard InChI is InChI=1S/C14H19N5/c1-10-16-17-14(18(10)2)9-19-7-3-4-11-8-12(15)5-6-13(11)19/h5-6,8H,3-4,7,9,15H2,1-2H3. The van der Waals surface area contributed by atoms with E-state index in [1.165, 1.54) is 11.3 Å². The molecule has 1 aliphatic rings. The SMILES string of the molecule is Cc1nnc(CN2CCCc3cc(N)ccc32)n1C. The molecule has 0 unspecified atom stereocenters. The summed E-state index contributed by atoms with van der Waals surface area (Å²) in [4.78, 5) is 2.36. The minimum absolute atomic E-state index is 0.800. The number of fused-ring (bicyclic) bond motifs is 1. The second-order valence-electron chi connectivity index (χ2n) is 5.14. The highest BCUT2D eigenvalue weighted by atomic mass is 15.3. The first kappa shape index (κ1) is 12.0. The second kappa shape index (κ2) is 4.57. The van der Waals surface area contributed by atoms with Gasteiger partial charge in [-0.3, -0.25) is 0 Å². The summed E-state index contributed by atoms with van der Waals surface area (Å²) in [7, 11) is 2.01. The molecular formula is C14H19N5. The van der Waals surface area contributed by atoms with E-state index in [1.54, 1.807) is 0 Å². The largest absolute Gasteiger partial charge is 0.399 e. The van der Waals surface area contributed by atoms with Crippen molar-refractivity contribution in [2.24, 2.45) is 7.05 Å². The van der Waals surface area contributed by atoms with Crippen molar-refractivity contribution in [2.75, 3.05) is 17.2 Å². The van der Waals surface area contributed by atoms with E-state index in [-0.39, 0.29) is 0 Å². The molecular weight excluding hydrogens is 238 g/mol. The van der Waals surface area contributed by atoms with Crippen molar-refractivity contribution in [2.45, 2.75) is 26.3 Å². The quantitative estimate of drug-likeness (QED) is 0.831. The molecule has 0 saturated heterocycles. The van der Waals surface area contributed by atoms with Gasteiger partial charge in [0.25, 0.3) is 0 Å². The van der Waals surface area contributed by atoms with Gasteiger partial charge in [-0.25, -0.2) is 0 Å². The normalized spacial score (nSPS) is 14.5. The Hall–Kier alpha value is -2.04. The predicted octanol–water partition coefficient (Wildman–Crippen LogP) is 1.66. The van der Waals surface area contributed by atoms with Gasteiger partial charge in [-0.15, -0.1) is 10.2 Å². The maximum atomic E-state index is 5.86. The molecule has 5 heteroatoms. The first-order valence-corrected chi connectivity index (χ1v) is 6.63. The van der Waals surface area contributed by atoms with Gasteiger partial charge in [0.2, 0.25) is 0 Å². The Morgan fingerprint density at radius 3 is 2.89 bits per heavy atom. The number of hydrogen-bond acceptors (Lipinski definition) is 4. The highest BCUT2D eigenvalue weighted by Gasteiger charge is 2.19. The zero-order valence-corrected chi connectivity index (χ0v) is 11.4. The fourth-order valence-electron chi connectivity index (χ4n) is 2.62. The van der Waals surface area contributed by atoms with Crippen LogP contribution in [0.4, 0.5) is 11.4 Å². The van der Waals surface area contributed by atoms with Crippen LogP contribution in [0.25, 0.3) is 0 Å². The van der Waals surface area contributed by atoms with Gasteiger partial charge < -0.3 is 15.2 Å². The lowest BCUT2D eigenvalue weighted by Gasteiger charge is -2.31. The zero-order chi connectivity index (χ0) is 13.4. The average Bonchev–Trinajstić information content (AvgIpc) is 2.71. The van der Waals surface area contributed by atoms with Crippen LogP contribution in [-0.4, -0.2) is 21.3 Å². The van der Waals surface area contributed by atoms with Crippen molar-refractivity contribution in [1.29, 1.82) is 0 Å². The van der Waals surface area contributed by atoms with E-state index in [9.17, 15) is 0 Å². The topological polar surface area (TPSA) is 60.0 Å². The number of rotatable bonds is 2. The molecule has 3 rings (SSSR count). The number of anilines is 2. The van der Waals surface area contributed by atoms with Gasteiger partial charge in [-0.05, 0) is 43.5 Å². The van der Waals surface area contributed by atoms with Crippen LogP contribution >= 0.6 is 0 Å². The molecule has 0 radical (unpaired) electrons. The van der Waals surface area contributed by atoms with Crippen LogP contribution in [-0.2, 0) is 20.0 Å². The summed E-state index contributed by atoms with van der Waals surface area (Å²) < 4.78 is 2.05. The number of nitrogen functional groups attached to an aromatic ring is 1. The Bertz CT molecular complexity index is 602. The lowest BCUT2D eigenvalue weighted by Crippen LogP contribution is -2.30. The van der Waals surface area contributed by atoms with Crippen molar-refractivity contribution in [3.05, 3.63) is 35.4 Å². The molecule has 2 aromatic rings. The second-order valence-corrected chi connectivity index (χ2v) is 5.14. The minimum atomic E-state index is 0.800. The molecule has 0 bridgehead atoms. The van der Waals surface area contributed by atoms with Gasteiger partial charge in [0, 0.05) is 25.0 Å². The third-order valence-corrected chi connectivity index (χ3v) is 3.83. The van der Waals surface area contributed by atoms with E-state index < -0.39 is 0 Å². The average molecular weight is 257 g/mol. The van der Waals surface area contributed by atoms with Crippen LogP contribution in [0.2, 0.25) is 0 Å². The van der Waals surface area contributed by atoms with Gasteiger partial charge in [0.15, 0.2) is 5.82 Å². The third kappa shape index (κ3) is 2.16. The maximum Gasteiger partial charge on any atom is 0.152 e. The van der Waals surface area contributed by atoms with E-state index in [0.717, 1.165) is 43.3 Å². The number of benzene rings is 1. The molecule has 5 nitrogen and oxygen atoms in total. The van der Waals surface area contributed by atoms with E-state index in [0.29, 0.717) is 0 Å². The monoisotopic (exact) mass is 257 g/mol. The molecule has 19 heavy (non-hydrogen) atoms. The van der Waals surface area contributed by atoms with Crippen molar-refractivity contribution in [3.8, 4) is 0 Å². The molecule has 1 aliphatic heterocycles. The third-order valence-electron chi connectivity index (χ3n) is 3.83. The molecule has 0 aliphatic carbocycles. The molecule has 0 spiro atoms. The Balaban J connectivity index is 1.90. The highest BCUT2D eigenvalue weighted by Crippen LogP contribution is 2.29. The molecule has 2 N–H and O–H groups in total. The first-order valence-electron chi connectivity index (χ1n) is 6.63. The van der Waals surface area contributed by atoms with Crippen molar-refractivity contribution in [3.63, 3.8) is 0 Å². The van der Waals surface area contributed by atoms with Gasteiger partial charge in [0.05, 0.1) is 6.54 Å². The minimum Gasteiger partial charge on any atom is -0.399 e. The van der Waals surface area contributed by atoms with Crippen LogP contribution in [0.1, 0.15) is 23.6 Å². The first-order chi connectivity index (χ1) is 9.15. The summed E-state index contributed by atoms with van der Waals surface area (Å²) in [6.45, 7) is 3.83. The zero-order valence-electron chi connectivity index (χ0n) is 11.4. The van der Waals surface area contributed by atoms with Crippen LogP contribution in [0, 0.1) is 6.92 Å². The van der Waals surface area contributed by atoms with Crippen LogP contribution in [0.15, 0.2) is 18.2 Å². The van der Waals surface area contributed by atoms with Gasteiger partial charge in [0.1, 0.15) is 5.82 Å². The van der Waals surface area contributed by atoms with Gasteiger partial charge in [-0.1, -0.05) is 0 Å². The maximum absolute atomic E-state index is 5.86. The number of aryl methyl sites for hydroxylation is 2. The summed E-state index contributed by atoms with van der Waals surface area (Å²) in [6, 6.07) is 6.18. The lowest BCUT2D eigenvalue weighted by atomic mass is 10.0. The smallest absolute Gasteiger partial charge is 0.152 e. The van der Waals surface area contributed by atoms with Crippen LogP contribution < -0.4 is 10.6 Å². The lowest BCUT2D eigenvalue weighted by molar-refractivity contribution is 0.654. The Kier molecular flexibility index (Phi) is 2.89. The number of nitrogens with zero attached hydrogens (tertiary/aromatic N) is 4. The Morgan fingerprint density at radius 1 is 1.32 bits per heavy atom. The Morgan fingerprint density at radius 2 is 2.16 bits per heavy atom. The molecule has 0 fully saturated rings. The van der Waals surface area contributed by atoms with Gasteiger partial charge >= 0.3 is 0 Å². The summed E-state index contributed by atoms with van der Waals surface area (Å²) in [5.41, 5.74) is 9.32. The number of nitrogens with two attached hydrogens (primary N) is 1. The van der Waals surface area contributed by atoms with E-state index in [2.05, 4.69) is 27.2 Å². The van der Waals surface area contributed by atoms with E-state index >= 15 is 0 Å². The van der Waals surface area contributed by atoms with Crippen molar-refractivity contribution in [1.82, 2.24) is 14.8 Å². The van der Waals surface area contributed by atoms with E-state index in [4.69, 9.17) is 5.73 Å². The van der Waals surface area contributed by atoms with Crippen LogP contribution in [0.5, 0.6) is 0 Å². The van der Waals surface area contributed by atoms with E-state index in [1.807, 2.05) is 24.6 Å². The Labute approximate surface area is 113 Å². The highest BCUT2D eigenvalue weighted by molar-refractivity contribution is 5.61. The fraction of sp³-hybridized carbons (Fsp3) is 0.429. The molecule has 0 amide bonds. The predicted molar refractivity (Wildman–Crippen MR) is 76.0 cm³/mol. The molecule has 2 heterocycles. The summed E-state index contributed by atoms with van der Waals surface area (Å²) in [5.74, 6) is 1.95. The van der Waals surface area contributed by atoms with Crippen LogP contribution in [0.3, 0.4) is 0 Å². The summed E-state index contributed by atoms with van der Waals surface area (Å²) >= 11 is 0. The molecule has 1 aromatic carbocycles. The molecule has 0 saturated carbocycles. The molecule has 0 atom stereocenters. The van der Waals surface area contributed by atoms with Crippen molar-refractivity contribution >= 4 is 11.4 Å². The number of hydrogen-bond donors (Lipinski definition) is 1. The molecule has 1 aromatic heterocycles. The van der Waals surface area contributed by atoms with Gasteiger partial charge in [-0.2, -0.15) is 0 Å². The summed E-state index contributed by atoms with van der Waals surface area (Å²) in [5, 5.41) is 8.36. The summed E-state index contributed by atoms with van der Waals surface area (Å²) in [6.07, 6.45) is 2.27.